The summed E-state index contributed by atoms with van der Waals surface area (Å²) >= 11 is 1.30. The number of thiazole rings is 1. The molecule has 0 aliphatic carbocycles. The van der Waals surface area contributed by atoms with Gasteiger partial charge in [-0.2, -0.15) is 0 Å². The second-order valence-corrected chi connectivity index (χ2v) is 6.29. The number of ketones is 1. The Bertz CT molecular complexity index is 708. The molecule has 2 aromatic rings. The maximum atomic E-state index is 12.5. The lowest BCUT2D eigenvalue weighted by Gasteiger charge is -2.22. The number of aromatic nitrogens is 1. The Morgan fingerprint density at radius 3 is 2.86 bits per heavy atom. The van der Waals surface area contributed by atoms with Crippen LogP contribution < -0.4 is 11.1 Å². The summed E-state index contributed by atoms with van der Waals surface area (Å²) in [4.78, 5) is 19.4. The lowest BCUT2D eigenvalue weighted by atomic mass is 10.1. The second-order valence-electron chi connectivity index (χ2n) is 5.29. The number of carbonyl (C=O) groups excluding carboxylic acids is 1. The molecular formula is C16H18N4OS. The Labute approximate surface area is 133 Å². The first-order valence-electron chi connectivity index (χ1n) is 7.17. The minimum Gasteiger partial charge on any atom is -0.382 e. The Hall–Kier alpha value is -2.34. The Morgan fingerprint density at radius 1 is 1.36 bits per heavy atom. The van der Waals surface area contributed by atoms with Crippen LogP contribution in [0.3, 0.4) is 0 Å². The van der Waals surface area contributed by atoms with Crippen LogP contribution in [-0.4, -0.2) is 29.3 Å². The third-order valence-electron chi connectivity index (χ3n) is 3.50. The van der Waals surface area contributed by atoms with Crippen LogP contribution in [0.5, 0.6) is 0 Å². The van der Waals surface area contributed by atoms with Crippen LogP contribution in [0.25, 0.3) is 0 Å². The number of anilines is 2. The van der Waals surface area contributed by atoms with Gasteiger partial charge in [-0.1, -0.05) is 41.7 Å². The smallest absolute Gasteiger partial charge is 0.206 e. The van der Waals surface area contributed by atoms with Crippen LogP contribution in [0.1, 0.15) is 28.1 Å². The first-order chi connectivity index (χ1) is 10.6. The van der Waals surface area contributed by atoms with E-state index < -0.39 is 0 Å². The van der Waals surface area contributed by atoms with Crippen molar-refractivity contribution in [3.63, 3.8) is 0 Å². The fraction of sp³-hybridized carbons (Fsp3) is 0.250. The van der Waals surface area contributed by atoms with E-state index in [1.165, 1.54) is 11.3 Å². The minimum atomic E-state index is -0.0848. The van der Waals surface area contributed by atoms with Crippen molar-refractivity contribution < 1.29 is 4.79 Å². The molecule has 6 heteroatoms. The summed E-state index contributed by atoms with van der Waals surface area (Å²) in [5.41, 5.74) is 7.64. The highest BCUT2D eigenvalue weighted by atomic mass is 32.1. The van der Waals surface area contributed by atoms with Gasteiger partial charge in [0.2, 0.25) is 5.78 Å². The number of nitrogens with zero attached hydrogens (tertiary/aromatic N) is 2. The van der Waals surface area contributed by atoms with E-state index in [2.05, 4.69) is 21.4 Å². The summed E-state index contributed by atoms with van der Waals surface area (Å²) in [5, 5.41) is 3.94. The van der Waals surface area contributed by atoms with Gasteiger partial charge in [-0.15, -0.1) is 0 Å². The summed E-state index contributed by atoms with van der Waals surface area (Å²) in [7, 11) is 2.04. The van der Waals surface area contributed by atoms with Gasteiger partial charge >= 0.3 is 0 Å². The zero-order valence-electron chi connectivity index (χ0n) is 12.4. The quantitative estimate of drug-likeness (QED) is 0.849. The highest BCUT2D eigenvalue weighted by molar-refractivity contribution is 7.18. The molecule has 3 N–H and O–H groups in total. The monoisotopic (exact) mass is 314 g/mol. The first kappa shape index (κ1) is 14.6. The molecule has 0 saturated heterocycles. The molecule has 0 spiro atoms. The van der Waals surface area contributed by atoms with E-state index in [-0.39, 0.29) is 11.6 Å². The number of rotatable bonds is 4. The van der Waals surface area contributed by atoms with Crippen molar-refractivity contribution in [1.29, 1.82) is 0 Å². The van der Waals surface area contributed by atoms with Gasteiger partial charge in [0.05, 0.1) is 0 Å². The Balaban J connectivity index is 1.81. The molecule has 1 aliphatic heterocycles. The van der Waals surface area contributed by atoms with Crippen LogP contribution in [-0.2, 0) is 0 Å². The van der Waals surface area contributed by atoms with Crippen molar-refractivity contribution in [2.24, 2.45) is 0 Å². The number of benzene rings is 1. The molecule has 1 aromatic carbocycles. The fourth-order valence-electron chi connectivity index (χ4n) is 2.41. The molecule has 1 aromatic heterocycles. The summed E-state index contributed by atoms with van der Waals surface area (Å²) in [6.45, 7) is 1.06. The zero-order chi connectivity index (χ0) is 15.5. The SMILES string of the molecule is CN1C=C(Nc2nc(N)c(C(=O)c3ccccc3)s2)CCC1. The number of carbonyl (C=O) groups is 1. The molecule has 0 unspecified atom stereocenters. The van der Waals surface area contributed by atoms with Crippen molar-refractivity contribution in [2.45, 2.75) is 12.8 Å². The maximum Gasteiger partial charge on any atom is 0.206 e. The molecule has 22 heavy (non-hydrogen) atoms. The molecule has 0 fully saturated rings. The van der Waals surface area contributed by atoms with E-state index in [0.29, 0.717) is 15.6 Å². The van der Waals surface area contributed by atoms with Gasteiger partial charge in [0.1, 0.15) is 10.7 Å². The summed E-state index contributed by atoms with van der Waals surface area (Å²) < 4.78 is 0. The molecule has 0 atom stereocenters. The van der Waals surface area contributed by atoms with Gasteiger partial charge in [-0.3, -0.25) is 4.79 Å². The minimum absolute atomic E-state index is 0.0848. The van der Waals surface area contributed by atoms with E-state index in [4.69, 9.17) is 5.73 Å². The van der Waals surface area contributed by atoms with E-state index >= 15 is 0 Å². The van der Waals surface area contributed by atoms with Crippen LogP contribution >= 0.6 is 11.3 Å². The fourth-order valence-corrected chi connectivity index (χ4v) is 3.30. The molecule has 0 bridgehead atoms. The summed E-state index contributed by atoms with van der Waals surface area (Å²) in [5.74, 6) is 0.199. The largest absolute Gasteiger partial charge is 0.382 e. The van der Waals surface area contributed by atoms with Crippen molar-refractivity contribution in [2.75, 3.05) is 24.6 Å². The molecule has 0 saturated carbocycles. The first-order valence-corrected chi connectivity index (χ1v) is 7.99. The number of allylic oxidation sites excluding steroid dienone is 1. The lowest BCUT2D eigenvalue weighted by Crippen LogP contribution is -2.20. The van der Waals surface area contributed by atoms with Crippen molar-refractivity contribution in [3.8, 4) is 0 Å². The van der Waals surface area contributed by atoms with Crippen LogP contribution in [0.15, 0.2) is 42.2 Å². The zero-order valence-corrected chi connectivity index (χ0v) is 13.2. The van der Waals surface area contributed by atoms with Gasteiger partial charge in [-0.25, -0.2) is 4.98 Å². The highest BCUT2D eigenvalue weighted by Crippen LogP contribution is 2.29. The predicted molar refractivity (Wildman–Crippen MR) is 90.0 cm³/mol. The van der Waals surface area contributed by atoms with Gasteiger partial charge in [0.15, 0.2) is 5.13 Å². The second kappa shape index (κ2) is 6.19. The lowest BCUT2D eigenvalue weighted by molar-refractivity contribution is 0.104. The van der Waals surface area contributed by atoms with Crippen molar-refractivity contribution in [3.05, 3.63) is 52.7 Å². The van der Waals surface area contributed by atoms with Gasteiger partial charge < -0.3 is 16.0 Å². The molecular weight excluding hydrogens is 296 g/mol. The van der Waals surface area contributed by atoms with Crippen LogP contribution in [0.4, 0.5) is 10.9 Å². The standard InChI is InChI=1S/C16H18N4OS/c1-20-9-5-8-12(10-20)18-16-19-15(17)14(22-16)13(21)11-6-3-2-4-7-11/h2-4,6-7,10H,5,8-9,17H2,1H3,(H,18,19). The molecule has 2 heterocycles. The number of nitrogens with two attached hydrogens (primary N) is 1. The third kappa shape index (κ3) is 3.12. The van der Waals surface area contributed by atoms with Crippen molar-refractivity contribution in [1.82, 2.24) is 9.88 Å². The Morgan fingerprint density at radius 2 is 2.14 bits per heavy atom. The van der Waals surface area contributed by atoms with E-state index in [0.717, 1.165) is 25.1 Å². The van der Waals surface area contributed by atoms with E-state index in [1.54, 1.807) is 12.1 Å². The van der Waals surface area contributed by atoms with Crippen LogP contribution in [0.2, 0.25) is 0 Å². The van der Waals surface area contributed by atoms with Gasteiger partial charge in [0.25, 0.3) is 0 Å². The average Bonchev–Trinajstić information content (AvgIpc) is 2.88. The average molecular weight is 314 g/mol. The molecule has 0 amide bonds. The highest BCUT2D eigenvalue weighted by Gasteiger charge is 2.18. The Kier molecular flexibility index (Phi) is 4.11. The summed E-state index contributed by atoms with van der Waals surface area (Å²) in [6.07, 6.45) is 4.15. The number of hydrogen-bond donors (Lipinski definition) is 2. The predicted octanol–water partition coefficient (Wildman–Crippen LogP) is 2.94. The topological polar surface area (TPSA) is 71.2 Å². The molecule has 5 nitrogen and oxygen atoms in total. The normalized spacial score (nSPS) is 14.6. The molecule has 0 radical (unpaired) electrons. The van der Waals surface area contributed by atoms with E-state index in [1.807, 2.05) is 25.2 Å². The number of nitrogen functional groups attached to an aromatic ring is 1. The van der Waals surface area contributed by atoms with Crippen LogP contribution in [0, 0.1) is 0 Å². The third-order valence-corrected chi connectivity index (χ3v) is 4.48. The van der Waals surface area contributed by atoms with Crippen molar-refractivity contribution >= 4 is 28.1 Å². The summed E-state index contributed by atoms with van der Waals surface area (Å²) in [6, 6.07) is 9.13. The van der Waals surface area contributed by atoms with E-state index in [9.17, 15) is 4.79 Å². The number of nitrogens with one attached hydrogen (secondary N) is 1. The maximum absolute atomic E-state index is 12.5. The van der Waals surface area contributed by atoms with Gasteiger partial charge in [-0.05, 0) is 12.8 Å². The molecule has 114 valence electrons. The molecule has 1 aliphatic rings. The van der Waals surface area contributed by atoms with Gasteiger partial charge in [0, 0.05) is 31.1 Å². The number of hydrogen-bond acceptors (Lipinski definition) is 6. The molecule has 3 rings (SSSR count).